The summed E-state index contributed by atoms with van der Waals surface area (Å²) in [6, 6.07) is 8.07. The molecule has 0 radical (unpaired) electrons. The first-order valence-electron chi connectivity index (χ1n) is 9.52. The first-order chi connectivity index (χ1) is 14.2. The average molecular weight is 408 g/mol. The van der Waals surface area contributed by atoms with E-state index in [9.17, 15) is 14.7 Å². The Morgan fingerprint density at radius 1 is 1.23 bits per heavy atom. The molecule has 0 amide bonds. The second-order valence-electron chi connectivity index (χ2n) is 7.54. The number of benzene rings is 2. The largest absolute Gasteiger partial charge is 0.508 e. The molecule has 3 rings (SSSR count). The van der Waals surface area contributed by atoms with Crippen LogP contribution in [0.15, 0.2) is 49.1 Å². The molecule has 0 unspecified atom stereocenters. The van der Waals surface area contributed by atoms with Crippen LogP contribution in [0.3, 0.4) is 0 Å². The zero-order valence-corrected chi connectivity index (χ0v) is 17.2. The number of methoxy groups -OCH3 is 1. The minimum Gasteiger partial charge on any atom is -0.508 e. The lowest BCUT2D eigenvalue weighted by atomic mass is 9.91. The molecule has 0 saturated carbocycles. The third kappa shape index (κ3) is 4.54. The molecule has 6 heteroatoms. The number of aromatic hydroxyl groups is 1. The fourth-order valence-electron chi connectivity index (χ4n) is 3.25. The van der Waals surface area contributed by atoms with E-state index < -0.39 is 5.97 Å². The van der Waals surface area contributed by atoms with E-state index in [4.69, 9.17) is 14.2 Å². The van der Waals surface area contributed by atoms with Crippen molar-refractivity contribution < 1.29 is 28.9 Å². The number of phenols is 1. The van der Waals surface area contributed by atoms with Gasteiger partial charge < -0.3 is 19.3 Å². The van der Waals surface area contributed by atoms with Gasteiger partial charge in [0.2, 0.25) is 0 Å². The van der Waals surface area contributed by atoms with Crippen molar-refractivity contribution in [2.75, 3.05) is 7.11 Å². The number of ketones is 1. The number of rotatable bonds is 6. The fourth-order valence-corrected chi connectivity index (χ4v) is 3.25. The topological polar surface area (TPSA) is 82.1 Å². The van der Waals surface area contributed by atoms with Gasteiger partial charge in [-0.2, -0.15) is 0 Å². The molecule has 0 atom stereocenters. The van der Waals surface area contributed by atoms with Gasteiger partial charge in [0.15, 0.2) is 11.5 Å². The second kappa shape index (κ2) is 8.45. The number of esters is 1. The van der Waals surface area contributed by atoms with E-state index in [1.807, 2.05) is 13.8 Å². The molecular formula is C24H24O6. The Morgan fingerprint density at radius 3 is 2.57 bits per heavy atom. The molecule has 0 spiro atoms. The molecule has 30 heavy (non-hydrogen) atoms. The van der Waals surface area contributed by atoms with Crippen LogP contribution in [0, 0.1) is 0 Å². The Morgan fingerprint density at radius 2 is 1.93 bits per heavy atom. The lowest BCUT2D eigenvalue weighted by Gasteiger charge is -2.34. The standard InChI is InChI=1S/C24H24O6/c1-5-21(27)29-23-17-12-13-24(2,3)30-19(17)14-20(28-4)22(23)18(26)11-8-15-6-9-16(25)10-7-15/h5-11,14,25H,1,12-13H2,2-4H3/b11-8+. The van der Waals surface area contributed by atoms with Gasteiger partial charge in [-0.15, -0.1) is 0 Å². The maximum absolute atomic E-state index is 13.1. The van der Waals surface area contributed by atoms with Crippen molar-refractivity contribution >= 4 is 17.8 Å². The Balaban J connectivity index is 2.09. The van der Waals surface area contributed by atoms with Gasteiger partial charge in [0.1, 0.15) is 28.4 Å². The summed E-state index contributed by atoms with van der Waals surface area (Å²) in [5.74, 6) is -0.0274. The zero-order valence-electron chi connectivity index (χ0n) is 17.2. The molecule has 0 bridgehead atoms. The van der Waals surface area contributed by atoms with Crippen LogP contribution in [0.1, 0.15) is 41.8 Å². The minimum atomic E-state index is -0.674. The van der Waals surface area contributed by atoms with Crippen LogP contribution in [-0.2, 0) is 11.2 Å². The molecule has 1 heterocycles. The summed E-state index contributed by atoms with van der Waals surface area (Å²) < 4.78 is 17.0. The second-order valence-corrected chi connectivity index (χ2v) is 7.54. The summed E-state index contributed by atoms with van der Waals surface area (Å²) in [6.45, 7) is 7.37. The quantitative estimate of drug-likeness (QED) is 0.328. The van der Waals surface area contributed by atoms with Crippen molar-refractivity contribution in [3.8, 4) is 23.0 Å². The highest BCUT2D eigenvalue weighted by molar-refractivity contribution is 6.11. The Labute approximate surface area is 175 Å². The number of carbonyl (C=O) groups excluding carboxylic acids is 2. The summed E-state index contributed by atoms with van der Waals surface area (Å²) in [6.07, 6.45) is 5.30. The first-order valence-corrected chi connectivity index (χ1v) is 9.52. The molecule has 0 aliphatic carbocycles. The van der Waals surface area contributed by atoms with E-state index in [2.05, 4.69) is 6.58 Å². The average Bonchev–Trinajstić information content (AvgIpc) is 2.71. The fraction of sp³-hybridized carbons (Fsp3) is 0.250. The summed E-state index contributed by atoms with van der Waals surface area (Å²) >= 11 is 0. The highest BCUT2D eigenvalue weighted by atomic mass is 16.5. The van der Waals surface area contributed by atoms with Crippen LogP contribution in [0.5, 0.6) is 23.0 Å². The van der Waals surface area contributed by atoms with Gasteiger partial charge >= 0.3 is 5.97 Å². The maximum Gasteiger partial charge on any atom is 0.335 e. The van der Waals surface area contributed by atoms with Crippen LogP contribution in [0.4, 0.5) is 0 Å². The third-order valence-corrected chi connectivity index (χ3v) is 4.83. The smallest absolute Gasteiger partial charge is 0.335 e. The molecule has 0 saturated heterocycles. The molecule has 1 aliphatic rings. The van der Waals surface area contributed by atoms with Crippen LogP contribution in [0.25, 0.3) is 6.08 Å². The van der Waals surface area contributed by atoms with Crippen molar-refractivity contribution in [2.24, 2.45) is 0 Å². The van der Waals surface area contributed by atoms with E-state index >= 15 is 0 Å². The number of ether oxygens (including phenoxy) is 3. The highest BCUT2D eigenvalue weighted by Crippen LogP contribution is 2.45. The summed E-state index contributed by atoms with van der Waals surface area (Å²) in [4.78, 5) is 25.1. The SMILES string of the molecule is C=CC(=O)Oc1c2c(cc(OC)c1C(=O)/C=C/c1ccc(O)cc1)OC(C)(C)CC2. The predicted octanol–water partition coefficient (Wildman–Crippen LogP) is 4.49. The van der Waals surface area contributed by atoms with E-state index in [1.54, 1.807) is 24.3 Å². The molecule has 6 nitrogen and oxygen atoms in total. The van der Waals surface area contributed by atoms with Gasteiger partial charge in [-0.25, -0.2) is 4.79 Å². The van der Waals surface area contributed by atoms with Gasteiger partial charge in [0, 0.05) is 17.7 Å². The molecule has 1 N–H and O–H groups in total. The lowest BCUT2D eigenvalue weighted by molar-refractivity contribution is -0.129. The Hall–Kier alpha value is -3.54. The van der Waals surface area contributed by atoms with E-state index in [-0.39, 0.29) is 34.2 Å². The summed E-state index contributed by atoms with van der Waals surface area (Å²) in [5, 5.41) is 9.40. The molecule has 0 aromatic heterocycles. The maximum atomic E-state index is 13.1. The van der Waals surface area contributed by atoms with Crippen molar-refractivity contribution in [1.29, 1.82) is 0 Å². The molecule has 0 fully saturated rings. The van der Waals surface area contributed by atoms with Crippen LogP contribution in [0.2, 0.25) is 0 Å². The number of hydrogen-bond donors (Lipinski definition) is 1. The Bertz CT molecular complexity index is 1010. The highest BCUT2D eigenvalue weighted by Gasteiger charge is 2.33. The summed E-state index contributed by atoms with van der Waals surface area (Å²) in [7, 11) is 1.44. The lowest BCUT2D eigenvalue weighted by Crippen LogP contribution is -2.33. The number of hydrogen-bond acceptors (Lipinski definition) is 6. The summed E-state index contributed by atoms with van der Waals surface area (Å²) in [5.41, 5.74) is 1.13. The molecular weight excluding hydrogens is 384 g/mol. The van der Waals surface area contributed by atoms with E-state index in [0.717, 1.165) is 11.6 Å². The predicted molar refractivity (Wildman–Crippen MR) is 113 cm³/mol. The van der Waals surface area contributed by atoms with Gasteiger partial charge in [-0.3, -0.25) is 4.79 Å². The van der Waals surface area contributed by atoms with Crippen molar-refractivity contribution in [1.82, 2.24) is 0 Å². The minimum absolute atomic E-state index is 0.130. The van der Waals surface area contributed by atoms with Gasteiger partial charge in [-0.1, -0.05) is 24.8 Å². The van der Waals surface area contributed by atoms with Crippen molar-refractivity contribution in [3.63, 3.8) is 0 Å². The zero-order chi connectivity index (χ0) is 21.9. The van der Waals surface area contributed by atoms with Gasteiger partial charge in [0.25, 0.3) is 0 Å². The third-order valence-electron chi connectivity index (χ3n) is 4.83. The molecule has 1 aliphatic heterocycles. The number of fused-ring (bicyclic) bond motifs is 1. The van der Waals surface area contributed by atoms with Gasteiger partial charge in [-0.05, 0) is 50.5 Å². The first kappa shape index (κ1) is 21.2. The molecule has 156 valence electrons. The van der Waals surface area contributed by atoms with E-state index in [0.29, 0.717) is 24.2 Å². The van der Waals surface area contributed by atoms with E-state index in [1.165, 1.54) is 25.3 Å². The van der Waals surface area contributed by atoms with Crippen LogP contribution in [-0.4, -0.2) is 29.6 Å². The number of allylic oxidation sites excluding steroid dienone is 1. The van der Waals surface area contributed by atoms with Crippen LogP contribution >= 0.6 is 0 Å². The normalized spacial score (nSPS) is 14.5. The number of phenolic OH excluding ortho intramolecular Hbond substituents is 1. The van der Waals surface area contributed by atoms with Gasteiger partial charge in [0.05, 0.1) is 7.11 Å². The number of carbonyl (C=O) groups is 2. The molecule has 2 aromatic rings. The van der Waals surface area contributed by atoms with Crippen molar-refractivity contribution in [2.45, 2.75) is 32.3 Å². The van der Waals surface area contributed by atoms with Crippen molar-refractivity contribution in [3.05, 3.63) is 65.8 Å². The van der Waals surface area contributed by atoms with Crippen LogP contribution < -0.4 is 14.2 Å². The molecule has 2 aromatic carbocycles. The Kier molecular flexibility index (Phi) is 5.96. The monoisotopic (exact) mass is 408 g/mol.